The van der Waals surface area contributed by atoms with Gasteiger partial charge in [-0.15, -0.1) is 0 Å². The van der Waals surface area contributed by atoms with E-state index in [0.717, 1.165) is 12.2 Å². The van der Waals surface area contributed by atoms with Gasteiger partial charge in [0.05, 0.1) is 14.2 Å². The molecule has 1 unspecified atom stereocenters. The largest absolute Gasteiger partial charge is 0.496 e. The lowest BCUT2D eigenvalue weighted by Gasteiger charge is -2.35. The van der Waals surface area contributed by atoms with Gasteiger partial charge in [-0.1, -0.05) is 6.07 Å². The molecule has 2 aromatic rings. The predicted molar refractivity (Wildman–Crippen MR) is 105 cm³/mol. The van der Waals surface area contributed by atoms with Crippen LogP contribution in [0.15, 0.2) is 42.5 Å². The number of nitrogens with zero attached hydrogens (tertiary/aromatic N) is 1. The summed E-state index contributed by atoms with van der Waals surface area (Å²) in [6.45, 7) is 3.36. The molecule has 0 aliphatic carbocycles. The number of hydrogen-bond donors (Lipinski definition) is 1. The van der Waals surface area contributed by atoms with Gasteiger partial charge in [0.15, 0.2) is 0 Å². The fourth-order valence-corrected chi connectivity index (χ4v) is 3.49. The summed E-state index contributed by atoms with van der Waals surface area (Å²) in [5.41, 5.74) is 2.34. The van der Waals surface area contributed by atoms with E-state index in [2.05, 4.69) is 29.3 Å². The predicted octanol–water partition coefficient (Wildman–Crippen LogP) is 4.33. The van der Waals surface area contributed by atoms with Crippen LogP contribution in [0.5, 0.6) is 11.5 Å². The minimum atomic E-state index is -0.251. The van der Waals surface area contributed by atoms with Crippen molar-refractivity contribution in [2.45, 2.75) is 32.2 Å². The molecule has 1 N–H and O–H groups in total. The molecule has 1 saturated heterocycles. The summed E-state index contributed by atoms with van der Waals surface area (Å²) in [5, 5.41) is 2.93. The third kappa shape index (κ3) is 3.77. The molecule has 0 spiro atoms. The number of methoxy groups -OCH3 is 2. The van der Waals surface area contributed by atoms with Crippen molar-refractivity contribution in [2.75, 3.05) is 31.0 Å². The lowest BCUT2D eigenvalue weighted by molar-refractivity contribution is 0.102. The van der Waals surface area contributed by atoms with E-state index in [1.165, 1.54) is 24.9 Å². The third-order valence-electron chi connectivity index (χ3n) is 4.91. The Bertz CT molecular complexity index is 736. The van der Waals surface area contributed by atoms with E-state index in [1.807, 2.05) is 12.1 Å². The Morgan fingerprint density at radius 2 is 1.69 bits per heavy atom. The van der Waals surface area contributed by atoms with E-state index >= 15 is 0 Å². The Morgan fingerprint density at radius 1 is 1.04 bits per heavy atom. The lowest BCUT2D eigenvalue weighted by Crippen LogP contribution is -2.37. The van der Waals surface area contributed by atoms with Crippen molar-refractivity contribution in [2.24, 2.45) is 0 Å². The fourth-order valence-electron chi connectivity index (χ4n) is 3.49. The summed E-state index contributed by atoms with van der Waals surface area (Å²) < 4.78 is 10.6. The second-order valence-electron chi connectivity index (χ2n) is 6.58. The smallest absolute Gasteiger partial charge is 0.263 e. The molecule has 1 aliphatic rings. The quantitative estimate of drug-likeness (QED) is 0.868. The molecule has 1 amide bonds. The highest BCUT2D eigenvalue weighted by molar-refractivity contribution is 6.08. The van der Waals surface area contributed by atoms with Crippen molar-refractivity contribution in [3.8, 4) is 11.5 Å². The molecule has 1 atom stereocenters. The molecule has 138 valence electrons. The van der Waals surface area contributed by atoms with E-state index in [0.29, 0.717) is 23.1 Å². The first-order valence-corrected chi connectivity index (χ1v) is 9.03. The summed E-state index contributed by atoms with van der Waals surface area (Å²) in [4.78, 5) is 15.2. The molecular weight excluding hydrogens is 328 g/mol. The molecule has 0 bridgehead atoms. The number of carbonyl (C=O) groups excluding carboxylic acids is 1. The Hall–Kier alpha value is -2.69. The number of benzene rings is 2. The second kappa shape index (κ2) is 8.13. The summed E-state index contributed by atoms with van der Waals surface area (Å²) in [6.07, 6.45) is 3.76. The number of hydrogen-bond acceptors (Lipinski definition) is 4. The van der Waals surface area contributed by atoms with Crippen LogP contribution in [-0.4, -0.2) is 32.7 Å². The molecule has 3 rings (SSSR count). The van der Waals surface area contributed by atoms with E-state index in [-0.39, 0.29) is 5.91 Å². The Balaban J connectivity index is 1.76. The summed E-state index contributed by atoms with van der Waals surface area (Å²) in [6, 6.07) is 13.9. The van der Waals surface area contributed by atoms with Crippen molar-refractivity contribution in [3.05, 3.63) is 48.0 Å². The SMILES string of the molecule is COc1cccc(OC)c1C(=O)Nc1ccc(N2CCCCC2C)cc1. The van der Waals surface area contributed by atoms with Crippen LogP contribution in [0.25, 0.3) is 0 Å². The molecule has 2 aromatic carbocycles. The zero-order valence-electron chi connectivity index (χ0n) is 15.6. The zero-order valence-corrected chi connectivity index (χ0v) is 15.6. The fraction of sp³-hybridized carbons (Fsp3) is 0.381. The number of anilines is 2. The summed E-state index contributed by atoms with van der Waals surface area (Å²) >= 11 is 0. The molecule has 0 aromatic heterocycles. The van der Waals surface area contributed by atoms with Crippen LogP contribution in [0.4, 0.5) is 11.4 Å². The maximum absolute atomic E-state index is 12.7. The van der Waals surface area contributed by atoms with Crippen LogP contribution >= 0.6 is 0 Å². The van der Waals surface area contributed by atoms with E-state index in [9.17, 15) is 4.79 Å². The minimum absolute atomic E-state index is 0.251. The van der Waals surface area contributed by atoms with Gasteiger partial charge in [0.1, 0.15) is 17.1 Å². The van der Waals surface area contributed by atoms with Crippen LogP contribution in [0.1, 0.15) is 36.5 Å². The molecule has 5 nitrogen and oxygen atoms in total. The van der Waals surface area contributed by atoms with E-state index in [1.54, 1.807) is 32.4 Å². The van der Waals surface area contributed by atoms with Crippen molar-refractivity contribution >= 4 is 17.3 Å². The Labute approximate surface area is 154 Å². The van der Waals surface area contributed by atoms with E-state index in [4.69, 9.17) is 9.47 Å². The average molecular weight is 354 g/mol. The van der Waals surface area contributed by atoms with Crippen molar-refractivity contribution in [3.63, 3.8) is 0 Å². The summed E-state index contributed by atoms with van der Waals surface area (Å²) in [5.74, 6) is 0.722. The van der Waals surface area contributed by atoms with Crippen LogP contribution in [0.2, 0.25) is 0 Å². The van der Waals surface area contributed by atoms with E-state index < -0.39 is 0 Å². The standard InChI is InChI=1S/C21H26N2O3/c1-15-7-4-5-14-23(15)17-12-10-16(11-13-17)22-21(24)20-18(25-2)8-6-9-19(20)26-3/h6,8-13,15H,4-5,7,14H2,1-3H3,(H,22,24). The first-order chi connectivity index (χ1) is 12.6. The average Bonchev–Trinajstić information content (AvgIpc) is 2.68. The maximum atomic E-state index is 12.7. The number of nitrogens with one attached hydrogen (secondary N) is 1. The number of piperidine rings is 1. The van der Waals surface area contributed by atoms with Gasteiger partial charge in [0, 0.05) is 24.0 Å². The molecule has 1 aliphatic heterocycles. The van der Waals surface area contributed by atoms with Crippen LogP contribution in [-0.2, 0) is 0 Å². The monoisotopic (exact) mass is 354 g/mol. The highest BCUT2D eigenvalue weighted by atomic mass is 16.5. The Kier molecular flexibility index (Phi) is 5.66. The van der Waals surface area contributed by atoms with Crippen LogP contribution in [0.3, 0.4) is 0 Å². The molecule has 0 saturated carbocycles. The van der Waals surface area contributed by atoms with Gasteiger partial charge in [0.25, 0.3) is 5.91 Å². The third-order valence-corrected chi connectivity index (χ3v) is 4.91. The second-order valence-corrected chi connectivity index (χ2v) is 6.58. The lowest BCUT2D eigenvalue weighted by atomic mass is 10.0. The zero-order chi connectivity index (χ0) is 18.5. The van der Waals surface area contributed by atoms with Gasteiger partial charge in [0.2, 0.25) is 0 Å². The molecule has 26 heavy (non-hydrogen) atoms. The number of rotatable bonds is 5. The Morgan fingerprint density at radius 3 is 2.27 bits per heavy atom. The molecule has 0 radical (unpaired) electrons. The number of ether oxygens (including phenoxy) is 2. The van der Waals surface area contributed by atoms with Crippen molar-refractivity contribution in [1.82, 2.24) is 0 Å². The van der Waals surface area contributed by atoms with Gasteiger partial charge in [-0.25, -0.2) is 0 Å². The highest BCUT2D eigenvalue weighted by Gasteiger charge is 2.20. The highest BCUT2D eigenvalue weighted by Crippen LogP contribution is 2.30. The van der Waals surface area contributed by atoms with Gasteiger partial charge in [-0.2, -0.15) is 0 Å². The minimum Gasteiger partial charge on any atom is -0.496 e. The maximum Gasteiger partial charge on any atom is 0.263 e. The van der Waals surface area contributed by atoms with Crippen molar-refractivity contribution in [1.29, 1.82) is 0 Å². The van der Waals surface area contributed by atoms with Crippen LogP contribution < -0.4 is 19.7 Å². The number of carbonyl (C=O) groups is 1. The normalized spacial score (nSPS) is 16.9. The van der Waals surface area contributed by atoms with Gasteiger partial charge < -0.3 is 19.7 Å². The van der Waals surface area contributed by atoms with Gasteiger partial charge in [-0.05, 0) is 62.6 Å². The first kappa shape index (κ1) is 18.1. The van der Waals surface area contributed by atoms with Crippen LogP contribution in [0, 0.1) is 0 Å². The van der Waals surface area contributed by atoms with Gasteiger partial charge >= 0.3 is 0 Å². The topological polar surface area (TPSA) is 50.8 Å². The molecule has 1 fully saturated rings. The molecule has 5 heteroatoms. The number of amides is 1. The van der Waals surface area contributed by atoms with Crippen molar-refractivity contribution < 1.29 is 14.3 Å². The first-order valence-electron chi connectivity index (χ1n) is 9.03. The molecular formula is C21H26N2O3. The summed E-state index contributed by atoms with van der Waals surface area (Å²) in [7, 11) is 3.08. The van der Waals surface area contributed by atoms with Gasteiger partial charge in [-0.3, -0.25) is 4.79 Å². The molecule has 1 heterocycles.